The van der Waals surface area contributed by atoms with Gasteiger partial charge < -0.3 is 15.4 Å². The van der Waals surface area contributed by atoms with E-state index >= 15 is 0 Å². The molecule has 0 saturated carbocycles. The number of nitrogens with one attached hydrogen (secondary N) is 2. The van der Waals surface area contributed by atoms with Crippen molar-refractivity contribution >= 4 is 44.9 Å². The monoisotopic (exact) mass is 539 g/mol. The quantitative estimate of drug-likeness (QED) is 0.281. The molecular weight excluding hydrogens is 510 g/mol. The van der Waals surface area contributed by atoms with Crippen molar-refractivity contribution in [3.8, 4) is 0 Å². The minimum Gasteiger partial charge on any atom is -0.465 e. The lowest BCUT2D eigenvalue weighted by Gasteiger charge is -2.17. The van der Waals surface area contributed by atoms with Gasteiger partial charge in [-0.05, 0) is 47.6 Å². The first-order chi connectivity index (χ1) is 17.7. The zero-order chi connectivity index (χ0) is 26.7. The Labute approximate surface area is 222 Å². The van der Waals surface area contributed by atoms with E-state index in [1.165, 1.54) is 23.5 Å². The molecule has 0 bridgehead atoms. The highest BCUT2D eigenvalue weighted by atomic mass is 32.2. The van der Waals surface area contributed by atoms with E-state index in [1.807, 2.05) is 60.7 Å². The molecule has 2 N–H and O–H groups in total. The van der Waals surface area contributed by atoms with Gasteiger partial charge >= 0.3 is 5.97 Å². The Bertz CT molecular complexity index is 1300. The van der Waals surface area contributed by atoms with Gasteiger partial charge in [-0.3, -0.25) is 9.59 Å². The third kappa shape index (κ3) is 9.09. The molecule has 0 aromatic heterocycles. The van der Waals surface area contributed by atoms with E-state index in [-0.39, 0.29) is 36.0 Å². The van der Waals surface area contributed by atoms with Crippen LogP contribution in [0.3, 0.4) is 0 Å². The number of thiocarbonyl (C=S) groups is 1. The molecule has 0 radical (unpaired) electrons. The van der Waals surface area contributed by atoms with Crippen LogP contribution in [0, 0.1) is 0 Å². The van der Waals surface area contributed by atoms with E-state index in [9.17, 15) is 18.0 Å². The first-order valence-corrected chi connectivity index (χ1v) is 13.5. The molecule has 0 aliphatic rings. The Morgan fingerprint density at radius 1 is 0.865 bits per heavy atom. The van der Waals surface area contributed by atoms with Crippen molar-refractivity contribution < 1.29 is 22.7 Å². The van der Waals surface area contributed by atoms with Gasteiger partial charge in [0.1, 0.15) is 0 Å². The number of amides is 1. The van der Waals surface area contributed by atoms with Crippen LogP contribution in [0.5, 0.6) is 0 Å². The normalized spacial score (nSPS) is 11.1. The molecule has 0 unspecified atom stereocenters. The maximum Gasteiger partial charge on any atom is 0.306 e. The van der Waals surface area contributed by atoms with Gasteiger partial charge in [-0.15, -0.1) is 0 Å². The highest BCUT2D eigenvalue weighted by Gasteiger charge is 2.21. The maximum absolute atomic E-state index is 12.9. The fourth-order valence-electron chi connectivity index (χ4n) is 3.38. The van der Waals surface area contributed by atoms with Gasteiger partial charge in [0.25, 0.3) is 0 Å². The third-order valence-corrected chi connectivity index (χ3v) is 7.40. The number of benzene rings is 3. The van der Waals surface area contributed by atoms with Crippen LogP contribution >= 0.6 is 12.2 Å². The number of nitrogens with zero attached hydrogens (tertiary/aromatic N) is 1. The lowest BCUT2D eigenvalue weighted by molar-refractivity contribution is -0.144. The van der Waals surface area contributed by atoms with Crippen molar-refractivity contribution in [2.24, 2.45) is 0 Å². The minimum atomic E-state index is -3.68. The summed E-state index contributed by atoms with van der Waals surface area (Å²) in [5.74, 6) is -0.891. The molecule has 0 spiro atoms. The molecule has 0 aliphatic carbocycles. The Morgan fingerprint density at radius 3 is 2.08 bits per heavy atom. The summed E-state index contributed by atoms with van der Waals surface area (Å²) < 4.78 is 32.2. The maximum atomic E-state index is 12.9. The number of carbonyl (C=O) groups excluding carboxylic acids is 2. The fraction of sp³-hybridized carbons (Fsp3) is 0.222. The number of sulfonamides is 1. The van der Waals surface area contributed by atoms with Crippen LogP contribution in [0.15, 0.2) is 89.8 Å². The standard InChI is InChI=1S/C27H29N3O5S2/c1-30(20-22-10-6-3-7-11-22)37(33,34)24-14-12-23(13-15-24)28-27(36)29-25(31)16-17-26(32)35-19-18-21-8-4-2-5-9-21/h2-15H,16-20H2,1H3,(H2,28,29,31,36). The van der Waals surface area contributed by atoms with Crippen LogP contribution < -0.4 is 10.6 Å². The minimum absolute atomic E-state index is 0.0410. The van der Waals surface area contributed by atoms with Gasteiger partial charge in [0.2, 0.25) is 15.9 Å². The Morgan fingerprint density at radius 2 is 1.46 bits per heavy atom. The zero-order valence-corrected chi connectivity index (χ0v) is 22.1. The third-order valence-electron chi connectivity index (χ3n) is 5.37. The molecule has 1 amide bonds. The highest BCUT2D eigenvalue weighted by molar-refractivity contribution is 7.89. The fourth-order valence-corrected chi connectivity index (χ4v) is 4.77. The summed E-state index contributed by atoms with van der Waals surface area (Å²) in [7, 11) is -2.15. The largest absolute Gasteiger partial charge is 0.465 e. The molecule has 0 saturated heterocycles. The number of carbonyl (C=O) groups is 2. The number of hydrogen-bond acceptors (Lipinski definition) is 6. The van der Waals surface area contributed by atoms with E-state index in [2.05, 4.69) is 10.6 Å². The van der Waals surface area contributed by atoms with E-state index in [0.29, 0.717) is 12.1 Å². The van der Waals surface area contributed by atoms with Crippen LogP contribution in [0.4, 0.5) is 5.69 Å². The predicted molar refractivity (Wildman–Crippen MR) is 146 cm³/mol. The van der Waals surface area contributed by atoms with Crippen LogP contribution in [0.25, 0.3) is 0 Å². The highest BCUT2D eigenvalue weighted by Crippen LogP contribution is 2.19. The second-order valence-electron chi connectivity index (χ2n) is 8.23. The Kier molecular flexibility index (Phi) is 10.3. The molecular formula is C27H29N3O5S2. The second-order valence-corrected chi connectivity index (χ2v) is 10.7. The zero-order valence-electron chi connectivity index (χ0n) is 20.4. The van der Waals surface area contributed by atoms with Gasteiger partial charge in [-0.25, -0.2) is 8.42 Å². The summed E-state index contributed by atoms with van der Waals surface area (Å²) in [5.41, 5.74) is 2.46. The SMILES string of the molecule is CN(Cc1ccccc1)S(=O)(=O)c1ccc(NC(=S)NC(=O)CCC(=O)OCCc2ccccc2)cc1. The van der Waals surface area contributed by atoms with Crippen molar-refractivity contribution in [3.63, 3.8) is 0 Å². The molecule has 3 aromatic carbocycles. The van der Waals surface area contributed by atoms with Crippen molar-refractivity contribution in [2.45, 2.75) is 30.7 Å². The number of esters is 1. The van der Waals surface area contributed by atoms with Crippen LogP contribution in [0.2, 0.25) is 0 Å². The van der Waals surface area contributed by atoms with Crippen molar-refractivity contribution in [1.82, 2.24) is 9.62 Å². The van der Waals surface area contributed by atoms with E-state index < -0.39 is 21.9 Å². The molecule has 8 nitrogen and oxygen atoms in total. The molecule has 0 heterocycles. The molecule has 3 aromatic rings. The van der Waals surface area contributed by atoms with Crippen molar-refractivity contribution in [2.75, 3.05) is 19.0 Å². The summed E-state index contributed by atoms with van der Waals surface area (Å²) in [6.07, 6.45) is 0.472. The lowest BCUT2D eigenvalue weighted by atomic mass is 10.2. The summed E-state index contributed by atoms with van der Waals surface area (Å²) in [4.78, 5) is 24.1. The molecule has 194 valence electrons. The van der Waals surface area contributed by atoms with Gasteiger partial charge in [0.05, 0.1) is 17.9 Å². The van der Waals surface area contributed by atoms with Crippen molar-refractivity contribution in [1.29, 1.82) is 0 Å². The number of anilines is 1. The van der Waals surface area contributed by atoms with Gasteiger partial charge in [-0.2, -0.15) is 4.31 Å². The van der Waals surface area contributed by atoms with E-state index in [4.69, 9.17) is 17.0 Å². The van der Waals surface area contributed by atoms with Crippen LogP contribution in [-0.2, 0) is 37.3 Å². The molecule has 0 aliphatic heterocycles. The summed E-state index contributed by atoms with van der Waals surface area (Å²) >= 11 is 5.15. The second kappa shape index (κ2) is 13.6. The van der Waals surface area contributed by atoms with Gasteiger partial charge in [0.15, 0.2) is 5.11 Å². The average Bonchev–Trinajstić information content (AvgIpc) is 2.89. The smallest absolute Gasteiger partial charge is 0.306 e. The van der Waals surface area contributed by atoms with Gasteiger partial charge in [-0.1, -0.05) is 60.7 Å². The number of ether oxygens (including phenoxy) is 1. The predicted octanol–water partition coefficient (Wildman–Crippen LogP) is 3.89. The molecule has 37 heavy (non-hydrogen) atoms. The molecule has 0 atom stereocenters. The van der Waals surface area contributed by atoms with Crippen LogP contribution in [-0.4, -0.2) is 43.4 Å². The summed E-state index contributed by atoms with van der Waals surface area (Å²) in [6.45, 7) is 0.498. The first-order valence-electron chi connectivity index (χ1n) is 11.6. The van der Waals surface area contributed by atoms with Gasteiger partial charge in [0, 0.05) is 32.1 Å². The molecule has 0 fully saturated rings. The summed E-state index contributed by atoms with van der Waals surface area (Å²) in [6, 6.07) is 25.0. The van der Waals surface area contributed by atoms with Crippen LogP contribution in [0.1, 0.15) is 24.0 Å². The van der Waals surface area contributed by atoms with Crippen molar-refractivity contribution in [3.05, 3.63) is 96.1 Å². The van der Waals surface area contributed by atoms with E-state index in [0.717, 1.165) is 11.1 Å². The Hall–Kier alpha value is -3.60. The molecule has 3 rings (SSSR count). The number of hydrogen-bond donors (Lipinski definition) is 2. The topological polar surface area (TPSA) is 105 Å². The molecule has 10 heteroatoms. The lowest BCUT2D eigenvalue weighted by Crippen LogP contribution is -2.34. The summed E-state index contributed by atoms with van der Waals surface area (Å²) in [5, 5.41) is 5.38. The number of rotatable bonds is 11. The Balaban J connectivity index is 1.41. The first kappa shape index (κ1) is 28.0. The average molecular weight is 540 g/mol. The van der Waals surface area contributed by atoms with E-state index in [1.54, 1.807) is 12.1 Å².